The number of thiazole rings is 1. The van der Waals surface area contributed by atoms with Gasteiger partial charge in [0.05, 0.1) is 10.2 Å². The smallest absolute Gasteiger partial charge is 0.160 e. The largest absolute Gasteiger partial charge is 0.294 e. The standard InChI is InChI=1S/C15H10BrNOS2/c1-9(18)11-8-10(16)6-7-13(11)19-15-17-12-4-2-3-5-14(12)20-15/h2-8H,1H3. The van der Waals surface area contributed by atoms with Crippen molar-refractivity contribution in [3.05, 3.63) is 52.5 Å². The molecule has 100 valence electrons. The molecule has 0 aliphatic rings. The molecule has 0 aliphatic heterocycles. The van der Waals surface area contributed by atoms with Crippen molar-refractivity contribution in [2.75, 3.05) is 0 Å². The van der Waals surface area contributed by atoms with Gasteiger partial charge in [0.2, 0.25) is 0 Å². The lowest BCUT2D eigenvalue weighted by atomic mass is 10.1. The van der Waals surface area contributed by atoms with E-state index in [9.17, 15) is 4.79 Å². The maximum absolute atomic E-state index is 11.7. The number of para-hydroxylation sites is 1. The van der Waals surface area contributed by atoms with Crippen molar-refractivity contribution in [2.45, 2.75) is 16.2 Å². The van der Waals surface area contributed by atoms with Gasteiger partial charge in [0.15, 0.2) is 10.1 Å². The Kier molecular flexibility index (Phi) is 3.92. The monoisotopic (exact) mass is 363 g/mol. The Labute approximate surface area is 133 Å². The molecule has 0 aliphatic carbocycles. The van der Waals surface area contributed by atoms with E-state index in [1.165, 1.54) is 0 Å². The number of ketones is 1. The van der Waals surface area contributed by atoms with Crippen molar-refractivity contribution in [1.82, 2.24) is 4.98 Å². The summed E-state index contributed by atoms with van der Waals surface area (Å²) in [6.45, 7) is 1.59. The summed E-state index contributed by atoms with van der Waals surface area (Å²) in [4.78, 5) is 17.3. The van der Waals surface area contributed by atoms with Gasteiger partial charge in [-0.05, 0) is 37.3 Å². The summed E-state index contributed by atoms with van der Waals surface area (Å²) in [5, 5.41) is 0. The van der Waals surface area contributed by atoms with Crippen molar-refractivity contribution in [3.63, 3.8) is 0 Å². The molecule has 2 aromatic carbocycles. The highest BCUT2D eigenvalue weighted by Gasteiger charge is 2.12. The summed E-state index contributed by atoms with van der Waals surface area (Å²) in [5.41, 5.74) is 1.73. The number of rotatable bonds is 3. The Balaban J connectivity index is 2.00. The van der Waals surface area contributed by atoms with E-state index < -0.39 is 0 Å². The first kappa shape index (κ1) is 13.8. The molecule has 0 radical (unpaired) electrons. The lowest BCUT2D eigenvalue weighted by Gasteiger charge is -2.05. The highest BCUT2D eigenvalue weighted by Crippen LogP contribution is 2.36. The minimum absolute atomic E-state index is 0.0647. The van der Waals surface area contributed by atoms with Gasteiger partial charge in [-0.1, -0.05) is 39.8 Å². The van der Waals surface area contributed by atoms with Crippen LogP contribution in [0.15, 0.2) is 56.2 Å². The lowest BCUT2D eigenvalue weighted by Crippen LogP contribution is -1.94. The van der Waals surface area contributed by atoms with Gasteiger partial charge in [0, 0.05) is 14.9 Å². The quantitative estimate of drug-likeness (QED) is 0.582. The third-order valence-electron chi connectivity index (χ3n) is 2.79. The van der Waals surface area contributed by atoms with E-state index in [1.807, 2.05) is 36.4 Å². The van der Waals surface area contributed by atoms with Gasteiger partial charge >= 0.3 is 0 Å². The molecule has 0 bridgehead atoms. The van der Waals surface area contributed by atoms with E-state index >= 15 is 0 Å². The molecule has 0 spiro atoms. The van der Waals surface area contributed by atoms with Crippen LogP contribution in [0.3, 0.4) is 0 Å². The fourth-order valence-electron chi connectivity index (χ4n) is 1.86. The number of fused-ring (bicyclic) bond motifs is 1. The molecule has 0 N–H and O–H groups in total. The highest BCUT2D eigenvalue weighted by atomic mass is 79.9. The Bertz CT molecular complexity index is 764. The molecular weight excluding hydrogens is 354 g/mol. The fourth-order valence-corrected chi connectivity index (χ4v) is 4.40. The van der Waals surface area contributed by atoms with Gasteiger partial charge in [0.25, 0.3) is 0 Å². The van der Waals surface area contributed by atoms with Crippen molar-refractivity contribution >= 4 is 55.0 Å². The summed E-state index contributed by atoms with van der Waals surface area (Å²) in [5.74, 6) is 0.0647. The van der Waals surface area contributed by atoms with Crippen LogP contribution >= 0.6 is 39.0 Å². The molecule has 1 heterocycles. The van der Waals surface area contributed by atoms with Crippen LogP contribution in [0.5, 0.6) is 0 Å². The SMILES string of the molecule is CC(=O)c1cc(Br)ccc1Sc1nc2ccccc2s1. The van der Waals surface area contributed by atoms with Crippen LogP contribution in [-0.4, -0.2) is 10.8 Å². The number of nitrogens with zero attached hydrogens (tertiary/aromatic N) is 1. The van der Waals surface area contributed by atoms with E-state index in [0.29, 0.717) is 0 Å². The van der Waals surface area contributed by atoms with Crippen LogP contribution in [-0.2, 0) is 0 Å². The molecule has 3 aromatic rings. The van der Waals surface area contributed by atoms with Gasteiger partial charge in [0.1, 0.15) is 0 Å². The van der Waals surface area contributed by atoms with Gasteiger partial charge in [-0.15, -0.1) is 11.3 Å². The predicted molar refractivity (Wildman–Crippen MR) is 87.9 cm³/mol. The molecule has 0 unspecified atom stereocenters. The first-order valence-corrected chi connectivity index (χ1v) is 8.40. The summed E-state index contributed by atoms with van der Waals surface area (Å²) in [7, 11) is 0. The molecule has 2 nitrogen and oxygen atoms in total. The van der Waals surface area contributed by atoms with Crippen LogP contribution in [0.25, 0.3) is 10.2 Å². The molecule has 0 saturated heterocycles. The summed E-state index contributed by atoms with van der Waals surface area (Å²) in [6, 6.07) is 13.8. The maximum atomic E-state index is 11.7. The Hall–Kier alpha value is -1.17. The minimum atomic E-state index is 0.0647. The highest BCUT2D eigenvalue weighted by molar-refractivity contribution is 9.10. The molecular formula is C15H10BrNOS2. The number of hydrogen-bond acceptors (Lipinski definition) is 4. The number of aromatic nitrogens is 1. The van der Waals surface area contributed by atoms with Crippen LogP contribution in [0.2, 0.25) is 0 Å². The number of carbonyl (C=O) groups excluding carboxylic acids is 1. The number of carbonyl (C=O) groups is 1. The molecule has 0 amide bonds. The number of hydrogen-bond donors (Lipinski definition) is 0. The molecule has 0 saturated carbocycles. The van der Waals surface area contributed by atoms with Gasteiger partial charge in [-0.3, -0.25) is 4.79 Å². The zero-order valence-corrected chi connectivity index (χ0v) is 13.8. The average molecular weight is 364 g/mol. The van der Waals surface area contributed by atoms with E-state index in [4.69, 9.17) is 0 Å². The molecule has 20 heavy (non-hydrogen) atoms. The van der Waals surface area contributed by atoms with E-state index in [0.717, 1.165) is 29.5 Å². The second-order valence-corrected chi connectivity index (χ2v) is 7.48. The number of benzene rings is 2. The van der Waals surface area contributed by atoms with Crippen molar-refractivity contribution < 1.29 is 4.79 Å². The van der Waals surface area contributed by atoms with E-state index in [-0.39, 0.29) is 5.78 Å². The van der Waals surface area contributed by atoms with Crippen LogP contribution < -0.4 is 0 Å². The minimum Gasteiger partial charge on any atom is -0.294 e. The first-order chi connectivity index (χ1) is 9.63. The zero-order valence-electron chi connectivity index (χ0n) is 10.6. The molecule has 0 atom stereocenters. The molecule has 3 rings (SSSR count). The van der Waals surface area contributed by atoms with Crippen LogP contribution in [0.1, 0.15) is 17.3 Å². The first-order valence-electron chi connectivity index (χ1n) is 5.97. The van der Waals surface area contributed by atoms with Gasteiger partial charge < -0.3 is 0 Å². The number of halogens is 1. The number of Topliss-reactive ketones (excluding diaryl/α,β-unsaturated/α-hetero) is 1. The third-order valence-corrected chi connectivity index (χ3v) is 5.46. The summed E-state index contributed by atoms with van der Waals surface area (Å²) < 4.78 is 3.03. The van der Waals surface area contributed by atoms with Crippen LogP contribution in [0, 0.1) is 0 Å². The van der Waals surface area contributed by atoms with E-state index in [1.54, 1.807) is 30.0 Å². The predicted octanol–water partition coefficient (Wildman–Crippen LogP) is 5.41. The lowest BCUT2D eigenvalue weighted by molar-refractivity contribution is 0.101. The van der Waals surface area contributed by atoms with Gasteiger partial charge in [-0.25, -0.2) is 4.98 Å². The second kappa shape index (κ2) is 5.68. The van der Waals surface area contributed by atoms with Crippen molar-refractivity contribution in [1.29, 1.82) is 0 Å². The second-order valence-electron chi connectivity index (χ2n) is 4.25. The third kappa shape index (κ3) is 2.80. The van der Waals surface area contributed by atoms with Gasteiger partial charge in [-0.2, -0.15) is 0 Å². The molecule has 0 fully saturated rings. The zero-order chi connectivity index (χ0) is 14.1. The Morgan fingerprint density at radius 2 is 2.05 bits per heavy atom. The topological polar surface area (TPSA) is 30.0 Å². The van der Waals surface area contributed by atoms with Crippen LogP contribution in [0.4, 0.5) is 0 Å². The summed E-state index contributed by atoms with van der Waals surface area (Å²) in [6.07, 6.45) is 0. The normalized spacial score (nSPS) is 10.9. The fraction of sp³-hybridized carbons (Fsp3) is 0.0667. The Morgan fingerprint density at radius 3 is 2.80 bits per heavy atom. The van der Waals surface area contributed by atoms with E-state index in [2.05, 4.69) is 27.0 Å². The Morgan fingerprint density at radius 1 is 1.25 bits per heavy atom. The molecule has 5 heteroatoms. The van der Waals surface area contributed by atoms with Crippen molar-refractivity contribution in [2.24, 2.45) is 0 Å². The van der Waals surface area contributed by atoms with Crippen molar-refractivity contribution in [3.8, 4) is 0 Å². The average Bonchev–Trinajstić information content (AvgIpc) is 2.82. The maximum Gasteiger partial charge on any atom is 0.160 e. The summed E-state index contributed by atoms with van der Waals surface area (Å²) >= 11 is 6.59. The molecule has 1 aromatic heterocycles.